The summed E-state index contributed by atoms with van der Waals surface area (Å²) in [4.78, 5) is 10.7. The Balaban J connectivity index is 2.93. The molecule has 5 N–H and O–H groups in total. The van der Waals surface area contributed by atoms with Crippen LogP contribution in [0.15, 0.2) is 18.2 Å². The highest BCUT2D eigenvalue weighted by atomic mass is 16.4. The first-order valence-corrected chi connectivity index (χ1v) is 5.46. The molecule has 5 nitrogen and oxygen atoms in total. The summed E-state index contributed by atoms with van der Waals surface area (Å²) < 4.78 is 0. The van der Waals surface area contributed by atoms with E-state index in [-0.39, 0.29) is 23.8 Å². The van der Waals surface area contributed by atoms with E-state index in [1.807, 2.05) is 6.92 Å². The van der Waals surface area contributed by atoms with Crippen molar-refractivity contribution in [2.45, 2.75) is 31.7 Å². The van der Waals surface area contributed by atoms with E-state index in [4.69, 9.17) is 10.8 Å². The van der Waals surface area contributed by atoms with Gasteiger partial charge in [0.05, 0.1) is 0 Å². The number of aliphatic carboxylic acids is 1. The van der Waals surface area contributed by atoms with Crippen LogP contribution in [-0.4, -0.2) is 27.3 Å². The van der Waals surface area contributed by atoms with Gasteiger partial charge in [0.1, 0.15) is 17.5 Å². The fourth-order valence-electron chi connectivity index (χ4n) is 1.79. The average molecular weight is 239 g/mol. The van der Waals surface area contributed by atoms with E-state index < -0.39 is 12.0 Å². The second kappa shape index (κ2) is 5.54. The number of nitrogens with two attached hydrogens (primary N) is 1. The lowest BCUT2D eigenvalue weighted by Crippen LogP contribution is -2.31. The van der Waals surface area contributed by atoms with Crippen LogP contribution in [-0.2, 0) is 4.79 Å². The zero-order valence-corrected chi connectivity index (χ0v) is 9.63. The van der Waals surface area contributed by atoms with Crippen molar-refractivity contribution in [3.05, 3.63) is 23.8 Å². The van der Waals surface area contributed by atoms with Gasteiger partial charge in [-0.1, -0.05) is 6.92 Å². The molecule has 0 aromatic heterocycles. The van der Waals surface area contributed by atoms with Gasteiger partial charge in [0.15, 0.2) is 0 Å². The highest BCUT2D eigenvalue weighted by Crippen LogP contribution is 2.33. The zero-order valence-electron chi connectivity index (χ0n) is 9.63. The second-order valence-electron chi connectivity index (χ2n) is 4.03. The van der Waals surface area contributed by atoms with Gasteiger partial charge in [0.2, 0.25) is 0 Å². The molecule has 0 bridgehead atoms. The summed E-state index contributed by atoms with van der Waals surface area (Å²) in [5.74, 6) is -1.16. The normalized spacial score (nSPS) is 14.2. The average Bonchev–Trinajstić information content (AvgIpc) is 2.29. The molecule has 1 aromatic carbocycles. The first kappa shape index (κ1) is 13.3. The van der Waals surface area contributed by atoms with E-state index in [0.717, 1.165) is 0 Å². The molecule has 1 aromatic rings. The maximum Gasteiger partial charge on any atom is 0.320 e. The predicted molar refractivity (Wildman–Crippen MR) is 63.0 cm³/mol. The Morgan fingerprint density at radius 3 is 2.59 bits per heavy atom. The Morgan fingerprint density at radius 2 is 2.06 bits per heavy atom. The Kier molecular flexibility index (Phi) is 4.34. The molecule has 2 unspecified atom stereocenters. The summed E-state index contributed by atoms with van der Waals surface area (Å²) in [5.41, 5.74) is 6.01. The molecule has 2 atom stereocenters. The molecule has 0 aliphatic heterocycles. The van der Waals surface area contributed by atoms with Gasteiger partial charge < -0.3 is 21.1 Å². The van der Waals surface area contributed by atoms with Gasteiger partial charge >= 0.3 is 5.97 Å². The largest absolute Gasteiger partial charge is 0.508 e. The Labute approximate surface area is 99.5 Å². The first-order chi connectivity index (χ1) is 7.95. The minimum atomic E-state index is -1.07. The zero-order chi connectivity index (χ0) is 13.0. The van der Waals surface area contributed by atoms with Crippen LogP contribution < -0.4 is 5.73 Å². The van der Waals surface area contributed by atoms with Crippen LogP contribution in [0.1, 0.15) is 31.2 Å². The fourth-order valence-corrected chi connectivity index (χ4v) is 1.79. The van der Waals surface area contributed by atoms with Gasteiger partial charge in [-0.2, -0.15) is 0 Å². The number of carbonyl (C=O) groups is 1. The molecule has 0 fully saturated rings. The van der Waals surface area contributed by atoms with Crippen LogP contribution in [0, 0.1) is 0 Å². The quantitative estimate of drug-likeness (QED) is 0.581. The number of benzene rings is 1. The lowest BCUT2D eigenvalue weighted by atomic mass is 9.89. The number of rotatable bonds is 5. The van der Waals surface area contributed by atoms with E-state index in [1.165, 1.54) is 18.2 Å². The molecule has 0 saturated heterocycles. The Hall–Kier alpha value is -1.75. The molecular formula is C12H17NO4. The molecule has 0 spiro atoms. The van der Waals surface area contributed by atoms with Gasteiger partial charge in [-0.05, 0) is 37.0 Å². The van der Waals surface area contributed by atoms with Gasteiger partial charge in [0, 0.05) is 5.56 Å². The van der Waals surface area contributed by atoms with Gasteiger partial charge in [-0.25, -0.2) is 0 Å². The van der Waals surface area contributed by atoms with Crippen LogP contribution in [0.25, 0.3) is 0 Å². The number of aromatic hydroxyl groups is 2. The van der Waals surface area contributed by atoms with Crippen molar-refractivity contribution in [2.75, 3.05) is 0 Å². The van der Waals surface area contributed by atoms with E-state index in [0.29, 0.717) is 12.0 Å². The molecular weight excluding hydrogens is 222 g/mol. The minimum absolute atomic E-state index is 0.0418. The van der Waals surface area contributed by atoms with Crippen LogP contribution in [0.5, 0.6) is 11.5 Å². The molecule has 94 valence electrons. The summed E-state index contributed by atoms with van der Waals surface area (Å²) >= 11 is 0. The Morgan fingerprint density at radius 1 is 1.41 bits per heavy atom. The Bertz CT molecular complexity index is 405. The van der Waals surface area contributed by atoms with Crippen molar-refractivity contribution in [1.29, 1.82) is 0 Å². The number of carboxylic acids is 1. The number of carboxylic acid groups (broad SMARTS) is 1. The maximum absolute atomic E-state index is 10.7. The van der Waals surface area contributed by atoms with Crippen LogP contribution in [0.4, 0.5) is 0 Å². The van der Waals surface area contributed by atoms with Crippen molar-refractivity contribution in [3.8, 4) is 11.5 Å². The maximum atomic E-state index is 10.7. The highest BCUT2D eigenvalue weighted by molar-refractivity contribution is 5.73. The summed E-state index contributed by atoms with van der Waals surface area (Å²) in [6.07, 6.45) is 0.862. The molecule has 0 radical (unpaired) electrons. The molecule has 0 heterocycles. The molecule has 0 amide bonds. The van der Waals surface area contributed by atoms with E-state index in [2.05, 4.69) is 0 Å². The molecule has 5 heteroatoms. The van der Waals surface area contributed by atoms with Crippen molar-refractivity contribution in [2.24, 2.45) is 5.73 Å². The van der Waals surface area contributed by atoms with Crippen molar-refractivity contribution in [1.82, 2.24) is 0 Å². The lowest BCUT2D eigenvalue weighted by Gasteiger charge is -2.19. The molecule has 0 aliphatic rings. The summed E-state index contributed by atoms with van der Waals surface area (Å²) in [6.45, 7) is 1.88. The fraction of sp³-hybridized carbons (Fsp3) is 0.417. The summed E-state index contributed by atoms with van der Waals surface area (Å²) in [5, 5.41) is 27.8. The van der Waals surface area contributed by atoms with Crippen LogP contribution in [0.2, 0.25) is 0 Å². The molecule has 17 heavy (non-hydrogen) atoms. The molecule has 0 saturated carbocycles. The number of phenols is 2. The SMILES string of the molecule is CCC(CC(N)C(=O)O)c1cc(O)ccc1O. The highest BCUT2D eigenvalue weighted by Gasteiger charge is 2.21. The third-order valence-corrected chi connectivity index (χ3v) is 2.80. The van der Waals surface area contributed by atoms with E-state index >= 15 is 0 Å². The minimum Gasteiger partial charge on any atom is -0.508 e. The van der Waals surface area contributed by atoms with Crippen molar-refractivity contribution in [3.63, 3.8) is 0 Å². The predicted octanol–water partition coefficient (Wildman–Crippen LogP) is 1.39. The summed E-state index contributed by atoms with van der Waals surface area (Å²) in [7, 11) is 0. The topological polar surface area (TPSA) is 104 Å². The lowest BCUT2D eigenvalue weighted by molar-refractivity contribution is -0.138. The van der Waals surface area contributed by atoms with Gasteiger partial charge in [-0.3, -0.25) is 4.79 Å². The van der Waals surface area contributed by atoms with Crippen LogP contribution in [0.3, 0.4) is 0 Å². The smallest absolute Gasteiger partial charge is 0.320 e. The number of hydrogen-bond acceptors (Lipinski definition) is 4. The molecule has 0 aliphatic carbocycles. The van der Waals surface area contributed by atoms with Gasteiger partial charge in [-0.15, -0.1) is 0 Å². The second-order valence-corrected chi connectivity index (χ2v) is 4.03. The van der Waals surface area contributed by atoms with E-state index in [1.54, 1.807) is 0 Å². The number of hydrogen-bond donors (Lipinski definition) is 4. The van der Waals surface area contributed by atoms with Crippen LogP contribution >= 0.6 is 0 Å². The monoisotopic (exact) mass is 239 g/mol. The number of phenolic OH excluding ortho intramolecular Hbond substituents is 2. The standard InChI is InChI=1S/C12H17NO4/c1-2-7(5-10(13)12(16)17)9-6-8(14)3-4-11(9)15/h3-4,6-7,10,14-15H,2,5,13H2,1H3,(H,16,17). The van der Waals surface area contributed by atoms with Crippen molar-refractivity contribution >= 4 is 5.97 Å². The third kappa shape index (κ3) is 3.35. The third-order valence-electron chi connectivity index (χ3n) is 2.80. The van der Waals surface area contributed by atoms with E-state index in [9.17, 15) is 15.0 Å². The van der Waals surface area contributed by atoms with Gasteiger partial charge in [0.25, 0.3) is 0 Å². The van der Waals surface area contributed by atoms with Crippen molar-refractivity contribution < 1.29 is 20.1 Å². The molecule has 1 rings (SSSR count). The first-order valence-electron chi connectivity index (χ1n) is 5.46. The summed E-state index contributed by atoms with van der Waals surface area (Å²) in [6, 6.07) is 3.24.